The van der Waals surface area contributed by atoms with E-state index in [1.165, 1.54) is 0 Å². The zero-order valence-electron chi connectivity index (χ0n) is 13.7. The van der Waals surface area contributed by atoms with Crippen LogP contribution in [-0.4, -0.2) is 17.7 Å². The van der Waals surface area contributed by atoms with Crippen molar-refractivity contribution in [3.8, 4) is 0 Å². The van der Waals surface area contributed by atoms with E-state index in [1.807, 2.05) is 25.1 Å². The first-order chi connectivity index (χ1) is 11.6. The maximum atomic E-state index is 12.5. The van der Waals surface area contributed by atoms with Gasteiger partial charge in [-0.2, -0.15) is 0 Å². The molecular formula is C17H20Cl2FN3OS. The SMILES string of the molecule is Cc1c(C[C@@H](N)CCF)sc2c(NCc3ccco3)cc(Cl)nc12.Cl. The number of anilines is 1. The second kappa shape index (κ2) is 8.85. The van der Waals surface area contributed by atoms with Crippen LogP contribution in [0.25, 0.3) is 10.2 Å². The third-order valence-electron chi connectivity index (χ3n) is 3.90. The average molecular weight is 404 g/mol. The van der Waals surface area contributed by atoms with Crippen molar-refractivity contribution in [1.82, 2.24) is 4.98 Å². The lowest BCUT2D eigenvalue weighted by molar-refractivity contribution is 0.436. The number of nitrogens with zero attached hydrogens (tertiary/aromatic N) is 1. The number of pyridine rings is 1. The number of rotatable bonds is 7. The molecule has 0 spiro atoms. The van der Waals surface area contributed by atoms with Gasteiger partial charge in [0.2, 0.25) is 0 Å². The van der Waals surface area contributed by atoms with Gasteiger partial charge in [0.15, 0.2) is 0 Å². The maximum absolute atomic E-state index is 12.5. The second-order valence-corrected chi connectivity index (χ2v) is 7.19. The first kappa shape index (κ1) is 20.0. The maximum Gasteiger partial charge on any atom is 0.131 e. The fourth-order valence-electron chi connectivity index (χ4n) is 2.59. The summed E-state index contributed by atoms with van der Waals surface area (Å²) in [6.45, 7) is 2.18. The number of fused-ring (bicyclic) bond motifs is 1. The molecule has 0 unspecified atom stereocenters. The molecule has 0 bridgehead atoms. The van der Waals surface area contributed by atoms with Gasteiger partial charge < -0.3 is 15.5 Å². The van der Waals surface area contributed by atoms with Crippen LogP contribution in [0.3, 0.4) is 0 Å². The standard InChI is InChI=1S/C17H19ClFN3OS.ClH/c1-10-14(7-11(20)4-5-19)24-17-13(8-15(18)22-16(10)17)21-9-12-3-2-6-23-12;/h2-3,6,8,11H,4-5,7,9,20H2,1H3,(H,21,22);1H/t11-;/m0./s1. The molecule has 136 valence electrons. The molecule has 0 saturated heterocycles. The predicted molar refractivity (Wildman–Crippen MR) is 105 cm³/mol. The minimum atomic E-state index is -0.398. The number of halogens is 3. The van der Waals surface area contributed by atoms with E-state index in [0.29, 0.717) is 24.5 Å². The quantitative estimate of drug-likeness (QED) is 0.537. The van der Waals surface area contributed by atoms with Gasteiger partial charge in [0, 0.05) is 17.0 Å². The van der Waals surface area contributed by atoms with Crippen LogP contribution in [-0.2, 0) is 13.0 Å². The number of alkyl halides is 1. The Morgan fingerprint density at radius 2 is 2.28 bits per heavy atom. The fourth-order valence-corrected chi connectivity index (χ4v) is 4.12. The van der Waals surface area contributed by atoms with Crippen molar-refractivity contribution < 1.29 is 8.81 Å². The van der Waals surface area contributed by atoms with Crippen LogP contribution in [0.15, 0.2) is 28.9 Å². The van der Waals surface area contributed by atoms with Gasteiger partial charge in [0.25, 0.3) is 0 Å². The van der Waals surface area contributed by atoms with Crippen molar-refractivity contribution in [2.24, 2.45) is 5.73 Å². The van der Waals surface area contributed by atoms with E-state index in [1.54, 1.807) is 17.6 Å². The lowest BCUT2D eigenvalue weighted by Gasteiger charge is -2.07. The van der Waals surface area contributed by atoms with Crippen LogP contribution < -0.4 is 11.1 Å². The van der Waals surface area contributed by atoms with E-state index in [2.05, 4.69) is 10.3 Å². The molecule has 25 heavy (non-hydrogen) atoms. The third kappa shape index (κ3) is 4.64. The van der Waals surface area contributed by atoms with Crippen LogP contribution in [0.2, 0.25) is 5.15 Å². The normalized spacial score (nSPS) is 12.2. The van der Waals surface area contributed by atoms with Crippen molar-refractivity contribution in [3.63, 3.8) is 0 Å². The first-order valence-electron chi connectivity index (χ1n) is 7.74. The molecule has 3 N–H and O–H groups in total. The van der Waals surface area contributed by atoms with E-state index in [9.17, 15) is 4.39 Å². The monoisotopic (exact) mass is 403 g/mol. The molecule has 3 heterocycles. The van der Waals surface area contributed by atoms with Crippen molar-refractivity contribution >= 4 is 51.2 Å². The van der Waals surface area contributed by atoms with Gasteiger partial charge in [0.1, 0.15) is 10.9 Å². The molecule has 0 amide bonds. The Labute approximate surface area is 161 Å². The molecule has 1 atom stereocenters. The van der Waals surface area contributed by atoms with Crippen LogP contribution >= 0.6 is 35.3 Å². The van der Waals surface area contributed by atoms with Crippen molar-refractivity contribution in [2.75, 3.05) is 12.0 Å². The van der Waals surface area contributed by atoms with E-state index in [0.717, 1.165) is 32.1 Å². The Morgan fingerprint density at radius 3 is 2.96 bits per heavy atom. The lowest BCUT2D eigenvalue weighted by Crippen LogP contribution is -2.23. The molecule has 3 rings (SSSR count). The molecule has 0 aliphatic heterocycles. The first-order valence-corrected chi connectivity index (χ1v) is 8.94. The summed E-state index contributed by atoms with van der Waals surface area (Å²) >= 11 is 7.81. The van der Waals surface area contributed by atoms with E-state index in [4.69, 9.17) is 21.8 Å². The summed E-state index contributed by atoms with van der Waals surface area (Å²) in [7, 11) is 0. The zero-order chi connectivity index (χ0) is 17.1. The number of aryl methyl sites for hydroxylation is 1. The van der Waals surface area contributed by atoms with Gasteiger partial charge in [-0.05, 0) is 37.5 Å². The third-order valence-corrected chi connectivity index (χ3v) is 5.43. The summed E-state index contributed by atoms with van der Waals surface area (Å²) < 4.78 is 18.9. The smallest absolute Gasteiger partial charge is 0.131 e. The molecule has 0 saturated carbocycles. The van der Waals surface area contributed by atoms with Crippen LogP contribution in [0, 0.1) is 6.92 Å². The van der Waals surface area contributed by atoms with Crippen molar-refractivity contribution in [3.05, 3.63) is 45.8 Å². The van der Waals surface area contributed by atoms with E-state index in [-0.39, 0.29) is 18.4 Å². The zero-order valence-corrected chi connectivity index (χ0v) is 16.1. The highest BCUT2D eigenvalue weighted by Gasteiger charge is 2.16. The number of hydrogen-bond donors (Lipinski definition) is 2. The minimum Gasteiger partial charge on any atom is -0.467 e. The summed E-state index contributed by atoms with van der Waals surface area (Å²) in [5.74, 6) is 0.842. The summed E-state index contributed by atoms with van der Waals surface area (Å²) in [4.78, 5) is 5.58. The number of aromatic nitrogens is 1. The highest BCUT2D eigenvalue weighted by molar-refractivity contribution is 7.19. The molecule has 0 radical (unpaired) electrons. The number of thiophene rings is 1. The van der Waals surface area contributed by atoms with Crippen molar-refractivity contribution in [1.29, 1.82) is 0 Å². The van der Waals surface area contributed by atoms with Gasteiger partial charge in [-0.3, -0.25) is 4.39 Å². The Hall–Kier alpha value is -1.34. The summed E-state index contributed by atoms with van der Waals surface area (Å²) in [5, 5.41) is 3.79. The average Bonchev–Trinajstić information content (AvgIpc) is 3.15. The summed E-state index contributed by atoms with van der Waals surface area (Å²) in [5.41, 5.74) is 8.84. The topological polar surface area (TPSA) is 64.1 Å². The van der Waals surface area contributed by atoms with Gasteiger partial charge in [-0.1, -0.05) is 11.6 Å². The Bertz CT molecular complexity index is 823. The van der Waals surface area contributed by atoms with Gasteiger partial charge in [-0.25, -0.2) is 4.98 Å². The minimum absolute atomic E-state index is 0. The number of nitrogens with one attached hydrogen (secondary N) is 1. The molecule has 4 nitrogen and oxygen atoms in total. The van der Waals surface area contributed by atoms with Crippen LogP contribution in [0.5, 0.6) is 0 Å². The molecule has 0 aromatic carbocycles. The summed E-state index contributed by atoms with van der Waals surface area (Å²) in [6, 6.07) is 5.39. The molecule has 3 aromatic heterocycles. The fraction of sp³-hybridized carbons (Fsp3) is 0.353. The largest absolute Gasteiger partial charge is 0.467 e. The van der Waals surface area contributed by atoms with Gasteiger partial charge >= 0.3 is 0 Å². The van der Waals surface area contributed by atoms with Gasteiger partial charge in [0.05, 0.1) is 35.4 Å². The predicted octanol–water partition coefficient (Wildman–Crippen LogP) is 5.11. The molecule has 0 fully saturated rings. The molecule has 3 aromatic rings. The highest BCUT2D eigenvalue weighted by atomic mass is 35.5. The van der Waals surface area contributed by atoms with Gasteiger partial charge in [-0.15, -0.1) is 23.7 Å². The van der Waals surface area contributed by atoms with Crippen molar-refractivity contribution in [2.45, 2.75) is 32.4 Å². The van der Waals surface area contributed by atoms with Crippen LogP contribution in [0.4, 0.5) is 10.1 Å². The second-order valence-electron chi connectivity index (χ2n) is 5.70. The number of hydrogen-bond acceptors (Lipinski definition) is 5. The Balaban J connectivity index is 0.00000225. The Kier molecular flexibility index (Phi) is 7.07. The lowest BCUT2D eigenvalue weighted by atomic mass is 10.1. The summed E-state index contributed by atoms with van der Waals surface area (Å²) in [6.07, 6.45) is 2.66. The van der Waals surface area contributed by atoms with Crippen LogP contribution in [0.1, 0.15) is 22.6 Å². The number of furan rings is 1. The van der Waals surface area contributed by atoms with E-state index < -0.39 is 6.67 Å². The molecule has 8 heteroatoms. The molecule has 0 aliphatic rings. The molecule has 0 aliphatic carbocycles. The number of nitrogens with two attached hydrogens (primary N) is 1. The highest BCUT2D eigenvalue weighted by Crippen LogP contribution is 2.37. The molecular weight excluding hydrogens is 384 g/mol. The van der Waals surface area contributed by atoms with E-state index >= 15 is 0 Å². The Morgan fingerprint density at radius 1 is 1.48 bits per heavy atom.